The van der Waals surface area contributed by atoms with E-state index in [1.807, 2.05) is 17.5 Å². The van der Waals surface area contributed by atoms with Crippen LogP contribution in [0.4, 0.5) is 0 Å². The van der Waals surface area contributed by atoms with Crippen molar-refractivity contribution in [2.24, 2.45) is 0 Å². The molecule has 2 aromatic heterocycles. The van der Waals surface area contributed by atoms with Crippen molar-refractivity contribution >= 4 is 17.3 Å². The predicted octanol–water partition coefficient (Wildman–Crippen LogP) is 3.64. The van der Waals surface area contributed by atoms with E-state index in [0.29, 0.717) is 48.1 Å². The molecule has 1 N–H and O–H groups in total. The van der Waals surface area contributed by atoms with Gasteiger partial charge in [-0.3, -0.25) is 4.79 Å². The number of hydrogen-bond donors (Lipinski definition) is 1. The van der Waals surface area contributed by atoms with Crippen molar-refractivity contribution in [3.05, 3.63) is 62.6 Å². The van der Waals surface area contributed by atoms with E-state index in [2.05, 4.69) is 0 Å². The van der Waals surface area contributed by atoms with Gasteiger partial charge < -0.3 is 28.6 Å². The van der Waals surface area contributed by atoms with E-state index < -0.39 is 17.6 Å². The number of ether oxygens (including phenoxy) is 4. The van der Waals surface area contributed by atoms with E-state index in [1.165, 1.54) is 30.7 Å². The molecule has 0 amide bonds. The molecule has 0 bridgehead atoms. The summed E-state index contributed by atoms with van der Waals surface area (Å²) in [7, 11) is 3.16. The number of methoxy groups -OCH3 is 2. The molecule has 0 saturated heterocycles. The molecule has 1 aliphatic heterocycles. The normalized spacial score (nSPS) is 14.3. The lowest BCUT2D eigenvalue weighted by atomic mass is 10.0. The molecule has 0 saturated carbocycles. The first-order valence-corrected chi connectivity index (χ1v) is 10.4. The Kier molecular flexibility index (Phi) is 5.97. The monoisotopic (exact) mass is 443 g/mol. The largest absolute Gasteiger partial charge is 0.493 e. The minimum atomic E-state index is -1.28. The van der Waals surface area contributed by atoms with Gasteiger partial charge >= 0.3 is 5.97 Å². The summed E-state index contributed by atoms with van der Waals surface area (Å²) in [5, 5.41) is 11.3. The van der Waals surface area contributed by atoms with Crippen LogP contribution in [0, 0.1) is 0 Å². The summed E-state index contributed by atoms with van der Waals surface area (Å²) in [5.74, 6) is 0.229. The van der Waals surface area contributed by atoms with Crippen LogP contribution in [0.15, 0.2) is 46.7 Å². The van der Waals surface area contributed by atoms with Crippen LogP contribution in [0.2, 0.25) is 0 Å². The van der Waals surface area contributed by atoms with Crippen LogP contribution in [0.3, 0.4) is 0 Å². The Morgan fingerprint density at radius 2 is 2.06 bits per heavy atom. The van der Waals surface area contributed by atoms with Crippen molar-refractivity contribution in [1.29, 1.82) is 0 Å². The van der Waals surface area contributed by atoms with E-state index in [1.54, 1.807) is 23.8 Å². The van der Waals surface area contributed by atoms with Gasteiger partial charge in [0.1, 0.15) is 11.3 Å². The Hall–Kier alpha value is -3.30. The number of fused-ring (bicyclic) bond motifs is 3. The third-order valence-corrected chi connectivity index (χ3v) is 5.78. The quantitative estimate of drug-likeness (QED) is 0.531. The van der Waals surface area contributed by atoms with Gasteiger partial charge in [-0.1, -0.05) is 6.07 Å². The zero-order chi connectivity index (χ0) is 22.0. The molecule has 31 heavy (non-hydrogen) atoms. The van der Waals surface area contributed by atoms with Gasteiger partial charge in [-0.2, -0.15) is 0 Å². The Morgan fingerprint density at radius 1 is 1.23 bits per heavy atom. The average Bonchev–Trinajstić information content (AvgIpc) is 3.29. The SMILES string of the molecule is COCCCOc1cc2c(cc1OC)-c1cc(=O)c(C(=O)O)cn1[C@H](c1cccs1)O2. The molecule has 3 aromatic rings. The fraction of sp³-hybridized carbons (Fsp3) is 0.273. The summed E-state index contributed by atoms with van der Waals surface area (Å²) < 4.78 is 24.3. The summed E-state index contributed by atoms with van der Waals surface area (Å²) in [6, 6.07) is 8.58. The van der Waals surface area contributed by atoms with Crippen LogP contribution in [-0.2, 0) is 4.74 Å². The van der Waals surface area contributed by atoms with Gasteiger partial charge in [0.2, 0.25) is 6.23 Å². The minimum Gasteiger partial charge on any atom is -0.493 e. The highest BCUT2D eigenvalue weighted by atomic mass is 32.1. The van der Waals surface area contributed by atoms with Crippen LogP contribution >= 0.6 is 11.3 Å². The number of pyridine rings is 1. The average molecular weight is 443 g/mol. The van der Waals surface area contributed by atoms with Crippen molar-refractivity contribution in [1.82, 2.24) is 4.57 Å². The fourth-order valence-electron chi connectivity index (χ4n) is 3.42. The van der Waals surface area contributed by atoms with Gasteiger partial charge in [0, 0.05) is 44.0 Å². The number of thiophene rings is 1. The van der Waals surface area contributed by atoms with Gasteiger partial charge in [-0.05, 0) is 17.5 Å². The summed E-state index contributed by atoms with van der Waals surface area (Å²) in [4.78, 5) is 24.9. The molecule has 0 radical (unpaired) electrons. The molecule has 0 unspecified atom stereocenters. The minimum absolute atomic E-state index is 0.317. The molecule has 1 aromatic carbocycles. The van der Waals surface area contributed by atoms with Gasteiger partial charge in [-0.25, -0.2) is 4.79 Å². The summed E-state index contributed by atoms with van der Waals surface area (Å²) in [5.41, 5.74) is 0.264. The standard InChI is InChI=1S/C22H21NO7S/c1-27-6-4-7-29-19-11-17-13(9-18(19)28-2)15-10-16(24)14(22(25)26)12-23(15)21(30-17)20-5-3-8-31-20/h3,5,8-12,21H,4,6-7H2,1-2H3,(H,25,26)/t21-/m0/s1. The van der Waals surface area contributed by atoms with Crippen molar-refractivity contribution in [3.8, 4) is 28.5 Å². The number of carboxylic acids is 1. The van der Waals surface area contributed by atoms with Crippen molar-refractivity contribution in [2.75, 3.05) is 27.4 Å². The number of benzene rings is 1. The first-order valence-electron chi connectivity index (χ1n) is 9.57. The first kappa shape index (κ1) is 21.0. The zero-order valence-corrected chi connectivity index (χ0v) is 17.8. The van der Waals surface area contributed by atoms with Crippen LogP contribution in [0.1, 0.15) is 27.9 Å². The maximum atomic E-state index is 12.5. The summed E-state index contributed by atoms with van der Waals surface area (Å²) in [6.45, 7) is 1.02. The number of carboxylic acid groups (broad SMARTS) is 1. The van der Waals surface area contributed by atoms with E-state index in [-0.39, 0.29) is 5.56 Å². The maximum absolute atomic E-state index is 12.5. The molecule has 4 rings (SSSR count). The Labute approximate surface area is 182 Å². The lowest BCUT2D eigenvalue weighted by molar-refractivity contribution is 0.0693. The number of nitrogens with zero attached hydrogens (tertiary/aromatic N) is 1. The molecule has 1 atom stereocenters. The highest BCUT2D eigenvalue weighted by Crippen LogP contribution is 2.46. The van der Waals surface area contributed by atoms with E-state index in [9.17, 15) is 14.7 Å². The van der Waals surface area contributed by atoms with Gasteiger partial charge in [-0.15, -0.1) is 11.3 Å². The van der Waals surface area contributed by atoms with Crippen LogP contribution in [-0.4, -0.2) is 43.1 Å². The van der Waals surface area contributed by atoms with Gasteiger partial charge in [0.05, 0.1) is 24.3 Å². The second-order valence-electron chi connectivity index (χ2n) is 6.83. The molecule has 1 aliphatic rings. The number of aromatic nitrogens is 1. The smallest absolute Gasteiger partial charge is 0.341 e. The zero-order valence-electron chi connectivity index (χ0n) is 17.0. The van der Waals surface area contributed by atoms with Crippen molar-refractivity contribution in [3.63, 3.8) is 0 Å². The highest BCUT2D eigenvalue weighted by Gasteiger charge is 2.30. The summed E-state index contributed by atoms with van der Waals surface area (Å²) >= 11 is 1.48. The lowest BCUT2D eigenvalue weighted by Crippen LogP contribution is -2.27. The topological polar surface area (TPSA) is 96.2 Å². The molecule has 0 fully saturated rings. The number of rotatable bonds is 8. The second-order valence-corrected chi connectivity index (χ2v) is 7.81. The van der Waals surface area contributed by atoms with Crippen molar-refractivity contribution in [2.45, 2.75) is 12.6 Å². The Morgan fingerprint density at radius 3 is 2.74 bits per heavy atom. The third kappa shape index (κ3) is 4.01. The fourth-order valence-corrected chi connectivity index (χ4v) is 4.17. The van der Waals surface area contributed by atoms with Gasteiger partial charge in [0.15, 0.2) is 16.9 Å². The molecular weight excluding hydrogens is 422 g/mol. The molecule has 3 heterocycles. The Bertz CT molecular complexity index is 1150. The van der Waals surface area contributed by atoms with E-state index in [0.717, 1.165) is 4.88 Å². The number of carbonyl (C=O) groups is 1. The second kappa shape index (κ2) is 8.83. The molecular formula is C22H21NO7S. The van der Waals surface area contributed by atoms with E-state index in [4.69, 9.17) is 18.9 Å². The predicted molar refractivity (Wildman–Crippen MR) is 115 cm³/mol. The summed E-state index contributed by atoms with van der Waals surface area (Å²) in [6.07, 6.45) is 1.43. The van der Waals surface area contributed by atoms with Crippen LogP contribution in [0.25, 0.3) is 11.3 Å². The molecule has 9 heteroatoms. The van der Waals surface area contributed by atoms with Gasteiger partial charge in [0.25, 0.3) is 0 Å². The lowest BCUT2D eigenvalue weighted by Gasteiger charge is -2.31. The molecule has 0 spiro atoms. The molecule has 8 nitrogen and oxygen atoms in total. The van der Waals surface area contributed by atoms with Crippen LogP contribution < -0.4 is 19.6 Å². The van der Waals surface area contributed by atoms with Crippen LogP contribution in [0.5, 0.6) is 17.2 Å². The first-order chi connectivity index (χ1) is 15.0. The maximum Gasteiger partial charge on any atom is 0.341 e. The highest BCUT2D eigenvalue weighted by molar-refractivity contribution is 7.10. The Balaban J connectivity index is 1.84. The van der Waals surface area contributed by atoms with E-state index >= 15 is 0 Å². The van der Waals surface area contributed by atoms with Crippen molar-refractivity contribution < 1.29 is 28.8 Å². The number of hydrogen-bond acceptors (Lipinski definition) is 7. The molecule has 0 aliphatic carbocycles. The number of aromatic carboxylic acids is 1. The third-order valence-electron chi connectivity index (χ3n) is 4.88. The molecule has 162 valence electrons.